The number of aromatic hydroxyl groups is 1. The van der Waals surface area contributed by atoms with Gasteiger partial charge >= 0.3 is 0 Å². The number of fused-ring (bicyclic) bond motifs is 2. The first-order valence-corrected chi connectivity index (χ1v) is 12.5. The molecule has 0 saturated carbocycles. The van der Waals surface area contributed by atoms with Crippen molar-refractivity contribution in [2.24, 2.45) is 5.92 Å². The maximum atomic E-state index is 12.8. The molecule has 2 aromatic heterocycles. The number of nitrogens with zero attached hydrogens (tertiary/aromatic N) is 3. The lowest BCUT2D eigenvalue weighted by atomic mass is 9.87. The Balaban J connectivity index is 1.46. The normalized spacial score (nSPS) is 16.9. The van der Waals surface area contributed by atoms with Gasteiger partial charge in [0.1, 0.15) is 11.4 Å². The van der Waals surface area contributed by atoms with E-state index in [2.05, 4.69) is 71.1 Å². The second kappa shape index (κ2) is 8.97. The van der Waals surface area contributed by atoms with Crippen molar-refractivity contribution in [1.82, 2.24) is 14.3 Å². The number of rotatable bonds is 5. The van der Waals surface area contributed by atoms with Crippen LogP contribution in [-0.2, 0) is 13.0 Å². The highest BCUT2D eigenvalue weighted by molar-refractivity contribution is 6.00. The minimum atomic E-state index is -0.234. The van der Waals surface area contributed by atoms with Crippen LogP contribution in [0.3, 0.4) is 0 Å². The molecule has 1 aliphatic carbocycles. The molecule has 5 heteroatoms. The van der Waals surface area contributed by atoms with E-state index in [1.165, 1.54) is 33.4 Å². The second-order valence-electron chi connectivity index (χ2n) is 9.99. The number of hydrogen-bond acceptors (Lipinski definition) is 3. The monoisotopic (exact) mass is 467 g/mol. The highest BCUT2D eigenvalue weighted by atomic mass is 19.1. The Hall–Kier alpha value is -3.44. The third-order valence-electron chi connectivity index (χ3n) is 7.43. The number of hydrogen-bond donors (Lipinski definition) is 1. The molecule has 0 spiro atoms. The van der Waals surface area contributed by atoms with E-state index in [1.807, 2.05) is 6.07 Å². The summed E-state index contributed by atoms with van der Waals surface area (Å²) in [5.41, 5.74) is 10.6. The maximum Gasteiger partial charge on any atom is 0.137 e. The van der Waals surface area contributed by atoms with Crippen LogP contribution in [-0.4, -0.2) is 39.2 Å². The quantitative estimate of drug-likeness (QED) is 0.389. The number of benzene rings is 2. The predicted molar refractivity (Wildman–Crippen MR) is 138 cm³/mol. The number of phenolic OH excluding ortho intramolecular Hbond substituents is 1. The molecule has 6 rings (SSSR count). The topological polar surface area (TPSA) is 40.8 Å². The lowest BCUT2D eigenvalue weighted by molar-refractivity contribution is 0.0727. The third kappa shape index (κ3) is 4.14. The lowest BCUT2D eigenvalue weighted by Crippen LogP contribution is -2.46. The van der Waals surface area contributed by atoms with Crippen molar-refractivity contribution in [3.63, 3.8) is 0 Å². The Morgan fingerprint density at radius 3 is 2.69 bits per heavy atom. The molecule has 1 N–H and O–H groups in total. The van der Waals surface area contributed by atoms with Gasteiger partial charge in [0.2, 0.25) is 0 Å². The molecule has 4 nitrogen and oxygen atoms in total. The van der Waals surface area contributed by atoms with E-state index in [4.69, 9.17) is 4.98 Å². The van der Waals surface area contributed by atoms with Gasteiger partial charge in [-0.05, 0) is 89.4 Å². The number of likely N-dealkylation sites (tertiary alicyclic amines) is 1. The predicted octanol–water partition coefficient (Wildman–Crippen LogP) is 6.05. The van der Waals surface area contributed by atoms with Crippen molar-refractivity contribution < 1.29 is 9.50 Å². The van der Waals surface area contributed by atoms with Crippen LogP contribution in [0.15, 0.2) is 67.0 Å². The zero-order valence-corrected chi connectivity index (χ0v) is 20.0. The molecule has 178 valence electrons. The number of phenols is 1. The number of halogens is 1. The van der Waals surface area contributed by atoms with Crippen LogP contribution in [0.2, 0.25) is 0 Å². The Labute approximate surface area is 205 Å². The number of imidazole rings is 1. The molecule has 3 heterocycles. The van der Waals surface area contributed by atoms with Crippen LogP contribution in [0.25, 0.3) is 16.8 Å². The van der Waals surface area contributed by atoms with Crippen LogP contribution in [0.4, 0.5) is 4.39 Å². The highest BCUT2D eigenvalue weighted by Gasteiger charge is 2.27. The summed E-state index contributed by atoms with van der Waals surface area (Å²) in [6, 6.07) is 18.7. The van der Waals surface area contributed by atoms with Crippen LogP contribution in [0.5, 0.6) is 5.75 Å². The van der Waals surface area contributed by atoms with Crippen molar-refractivity contribution in [3.8, 4) is 5.75 Å². The average molecular weight is 468 g/mol. The molecule has 1 aliphatic heterocycles. The number of pyridine rings is 1. The Morgan fingerprint density at radius 2 is 1.86 bits per heavy atom. The fraction of sp³-hybridized carbons (Fsp3) is 0.300. The molecule has 1 fully saturated rings. The molecular weight excluding hydrogens is 437 g/mol. The van der Waals surface area contributed by atoms with Gasteiger partial charge in [0.15, 0.2) is 0 Å². The van der Waals surface area contributed by atoms with Crippen molar-refractivity contribution in [1.29, 1.82) is 0 Å². The second-order valence-corrected chi connectivity index (χ2v) is 9.99. The maximum absolute atomic E-state index is 12.8. The standard InChI is InChI=1S/C30H30FN3O/c1-20-5-2-3-7-26(20)28-8-4-6-22-13-25(35)10-11-27(22)30(28)23-9-12-29-32-24(19-34(29)17-23)18-33-15-21(14-31)16-33/h2-3,5,7,9-13,17,19,21,35H,4,6,8,14-16,18H2,1H3. The van der Waals surface area contributed by atoms with Gasteiger partial charge in [0.05, 0.1) is 12.4 Å². The number of alkyl halides is 1. The van der Waals surface area contributed by atoms with Crippen molar-refractivity contribution >= 4 is 16.8 Å². The first-order valence-electron chi connectivity index (χ1n) is 12.5. The largest absolute Gasteiger partial charge is 0.508 e. The summed E-state index contributed by atoms with van der Waals surface area (Å²) in [7, 11) is 0. The smallest absolute Gasteiger partial charge is 0.137 e. The van der Waals surface area contributed by atoms with Gasteiger partial charge < -0.3 is 9.51 Å². The molecule has 1 saturated heterocycles. The van der Waals surface area contributed by atoms with E-state index in [1.54, 1.807) is 6.07 Å². The van der Waals surface area contributed by atoms with E-state index in [-0.39, 0.29) is 12.6 Å². The summed E-state index contributed by atoms with van der Waals surface area (Å²) in [5, 5.41) is 10.2. The zero-order valence-electron chi connectivity index (χ0n) is 20.0. The Morgan fingerprint density at radius 1 is 1.00 bits per heavy atom. The van der Waals surface area contributed by atoms with Gasteiger partial charge in [-0.25, -0.2) is 4.98 Å². The van der Waals surface area contributed by atoms with E-state index < -0.39 is 0 Å². The van der Waals surface area contributed by atoms with E-state index in [0.717, 1.165) is 55.8 Å². The summed E-state index contributed by atoms with van der Waals surface area (Å²) < 4.78 is 14.9. The van der Waals surface area contributed by atoms with Crippen molar-refractivity contribution in [2.75, 3.05) is 19.8 Å². The first kappa shape index (κ1) is 22.1. The fourth-order valence-electron chi connectivity index (χ4n) is 5.69. The number of aryl methyl sites for hydroxylation is 2. The van der Waals surface area contributed by atoms with Gasteiger partial charge in [-0.15, -0.1) is 0 Å². The summed E-state index contributed by atoms with van der Waals surface area (Å²) in [4.78, 5) is 7.07. The van der Waals surface area contributed by atoms with E-state index in [9.17, 15) is 9.50 Å². The minimum absolute atomic E-state index is 0.181. The highest BCUT2D eigenvalue weighted by Crippen LogP contribution is 2.41. The number of aromatic nitrogens is 2. The first-order chi connectivity index (χ1) is 17.1. The van der Waals surface area contributed by atoms with Gasteiger partial charge in [-0.2, -0.15) is 0 Å². The van der Waals surface area contributed by atoms with Crippen LogP contribution >= 0.6 is 0 Å². The SMILES string of the molecule is Cc1ccccc1C1=C(c2ccc3nc(CN4CC(CF)C4)cn3c2)c2ccc(O)cc2CCC1. The summed E-state index contributed by atoms with van der Waals surface area (Å²) >= 11 is 0. The van der Waals surface area contributed by atoms with Crippen LogP contribution in [0.1, 0.15) is 46.4 Å². The molecule has 0 atom stereocenters. The van der Waals surface area contributed by atoms with Crippen LogP contribution < -0.4 is 0 Å². The molecule has 0 amide bonds. The Bertz CT molecular complexity index is 1430. The van der Waals surface area contributed by atoms with Gasteiger partial charge in [-0.3, -0.25) is 9.29 Å². The van der Waals surface area contributed by atoms with Crippen molar-refractivity contribution in [3.05, 3.63) is 101 Å². The van der Waals surface area contributed by atoms with Crippen molar-refractivity contribution in [2.45, 2.75) is 32.7 Å². The van der Waals surface area contributed by atoms with E-state index in [0.29, 0.717) is 5.75 Å². The minimum Gasteiger partial charge on any atom is -0.508 e. The Kier molecular flexibility index (Phi) is 5.65. The van der Waals surface area contributed by atoms with Gasteiger partial charge in [0, 0.05) is 37.9 Å². The molecular formula is C30H30FN3O. The average Bonchev–Trinajstić information content (AvgIpc) is 3.14. The summed E-state index contributed by atoms with van der Waals surface area (Å²) in [6.07, 6.45) is 7.24. The molecule has 0 radical (unpaired) electrons. The number of allylic oxidation sites excluding steroid dienone is 1. The van der Waals surface area contributed by atoms with Gasteiger partial charge in [-0.1, -0.05) is 30.3 Å². The molecule has 4 aromatic rings. The third-order valence-corrected chi connectivity index (χ3v) is 7.43. The van der Waals surface area contributed by atoms with Gasteiger partial charge in [0.25, 0.3) is 0 Å². The molecule has 2 aliphatic rings. The summed E-state index contributed by atoms with van der Waals surface area (Å²) in [6.45, 7) is 4.32. The fourth-order valence-corrected chi connectivity index (χ4v) is 5.69. The molecule has 0 unspecified atom stereocenters. The van der Waals surface area contributed by atoms with E-state index >= 15 is 0 Å². The molecule has 2 aromatic carbocycles. The van der Waals surface area contributed by atoms with Crippen LogP contribution in [0, 0.1) is 12.8 Å². The zero-order chi connectivity index (χ0) is 23.9. The lowest BCUT2D eigenvalue weighted by Gasteiger charge is -2.37. The molecule has 35 heavy (non-hydrogen) atoms. The summed E-state index contributed by atoms with van der Waals surface area (Å²) in [5.74, 6) is 0.498. The molecule has 0 bridgehead atoms.